The molecule has 2 unspecified atom stereocenters. The van der Waals surface area contributed by atoms with E-state index in [2.05, 4.69) is 9.82 Å². The first-order valence-electron chi connectivity index (χ1n) is 14.2. The quantitative estimate of drug-likeness (QED) is 0.256. The second-order valence-electron chi connectivity index (χ2n) is 12.6. The topological polar surface area (TPSA) is 166 Å². The van der Waals surface area contributed by atoms with E-state index in [0.717, 1.165) is 6.08 Å². The molecule has 4 aliphatic carbocycles. The maximum absolute atomic E-state index is 17.3. The Morgan fingerprint density at radius 3 is 2.60 bits per heavy atom. The lowest BCUT2D eigenvalue weighted by molar-refractivity contribution is -0.763. The van der Waals surface area contributed by atoms with Crippen LogP contribution in [0.2, 0.25) is 0 Å². The predicted molar refractivity (Wildman–Crippen MR) is 144 cm³/mol. The Morgan fingerprint density at radius 1 is 1.21 bits per heavy atom. The van der Waals surface area contributed by atoms with Gasteiger partial charge < -0.3 is 19.8 Å². The molecule has 3 saturated carbocycles. The van der Waals surface area contributed by atoms with Crippen LogP contribution in [0, 0.1) is 38.7 Å². The van der Waals surface area contributed by atoms with Crippen LogP contribution in [0.4, 0.5) is 8.78 Å². The van der Waals surface area contributed by atoms with Crippen molar-refractivity contribution in [1.29, 1.82) is 0 Å². The third kappa shape index (κ3) is 4.59. The molecular weight excluding hydrogens is 570 g/mol. The Kier molecular flexibility index (Phi) is 7.57. The Balaban J connectivity index is 1.34. The van der Waals surface area contributed by atoms with Gasteiger partial charge in [0.25, 0.3) is 5.09 Å². The van der Waals surface area contributed by atoms with Crippen LogP contribution >= 0.6 is 0 Å². The second kappa shape index (κ2) is 10.5. The molecule has 3 fully saturated rings. The number of esters is 1. The van der Waals surface area contributed by atoms with E-state index in [1.807, 2.05) is 0 Å². The number of rotatable bonds is 8. The van der Waals surface area contributed by atoms with Crippen LogP contribution < -0.4 is 0 Å². The van der Waals surface area contributed by atoms with Gasteiger partial charge in [-0.2, -0.15) is 0 Å². The van der Waals surface area contributed by atoms with Crippen molar-refractivity contribution in [2.75, 3.05) is 6.61 Å². The summed E-state index contributed by atoms with van der Waals surface area (Å²) in [6.07, 6.45) is -0.562. The average Bonchev–Trinajstić information content (AvgIpc) is 3.15. The first kappa shape index (κ1) is 30.9. The van der Waals surface area contributed by atoms with Crippen LogP contribution in [0.25, 0.3) is 0 Å². The number of pyridine rings is 1. The van der Waals surface area contributed by atoms with Gasteiger partial charge in [-0.05, 0) is 67.9 Å². The molecule has 2 N–H and O–H groups in total. The van der Waals surface area contributed by atoms with Crippen molar-refractivity contribution in [3.63, 3.8) is 0 Å². The van der Waals surface area contributed by atoms with E-state index in [4.69, 9.17) is 4.74 Å². The smallest absolute Gasteiger partial charge is 0.312 e. The molecule has 0 spiro atoms. The van der Waals surface area contributed by atoms with Gasteiger partial charge in [0.05, 0.1) is 23.9 Å². The highest BCUT2D eigenvalue weighted by atomic mass is 19.1. The van der Waals surface area contributed by atoms with Gasteiger partial charge in [-0.1, -0.05) is 26.0 Å². The summed E-state index contributed by atoms with van der Waals surface area (Å²) < 4.78 is 38.1. The van der Waals surface area contributed by atoms with E-state index in [0.29, 0.717) is 0 Å². The Bertz CT molecular complexity index is 1430. The fourth-order valence-electron chi connectivity index (χ4n) is 8.42. The number of nitrogens with zero attached hydrogens (tertiary/aromatic N) is 2. The third-order valence-corrected chi connectivity index (χ3v) is 10.5. The predicted octanol–water partition coefficient (Wildman–Crippen LogP) is 2.74. The molecule has 0 saturated heterocycles. The summed E-state index contributed by atoms with van der Waals surface area (Å²) in [6.45, 7) is 3.48. The van der Waals surface area contributed by atoms with Crippen LogP contribution in [0.3, 0.4) is 0 Å². The number of ketones is 2. The van der Waals surface area contributed by atoms with Gasteiger partial charge in [-0.3, -0.25) is 19.4 Å². The van der Waals surface area contributed by atoms with Crippen LogP contribution in [0.1, 0.15) is 51.4 Å². The standard InChI is InChI=1S/C30H34F2N2O9/c1-16-9-20-21-12-23(31)22-11-19(35)7-8-27(22,2)29(21,32)24(36)13-28(20,3)30(16,39)25(37)15-42-26(38)10-17-5-4-6-18(33-17)14-43-34(40)41/h4-8,11,16,20-21,23-24,36,39H,9-10,12-15H2,1-3H3/t16-,20?,21?,23+,24+,27+,28+,29+,30+/m1/s1. The minimum absolute atomic E-state index is 0.0176. The largest absolute Gasteiger partial charge is 0.457 e. The summed E-state index contributed by atoms with van der Waals surface area (Å²) >= 11 is 0. The van der Waals surface area contributed by atoms with E-state index in [9.17, 15) is 34.7 Å². The van der Waals surface area contributed by atoms with Gasteiger partial charge in [0.15, 0.2) is 18.1 Å². The average molecular weight is 605 g/mol. The molecule has 0 aromatic carbocycles. The highest BCUT2D eigenvalue weighted by Gasteiger charge is 2.76. The number of hydrogen-bond acceptors (Lipinski definition) is 10. The molecule has 1 aromatic heterocycles. The molecule has 0 bridgehead atoms. The molecule has 1 aromatic rings. The maximum atomic E-state index is 17.3. The minimum atomic E-state index is -2.35. The van der Waals surface area contributed by atoms with E-state index >= 15 is 8.78 Å². The van der Waals surface area contributed by atoms with Crippen molar-refractivity contribution in [2.24, 2.45) is 28.6 Å². The summed E-state index contributed by atoms with van der Waals surface area (Å²) in [7, 11) is 0. The molecule has 13 heteroatoms. The van der Waals surface area contributed by atoms with Crippen LogP contribution in [-0.4, -0.2) is 68.0 Å². The van der Waals surface area contributed by atoms with E-state index < -0.39 is 88.0 Å². The Labute approximate surface area is 246 Å². The van der Waals surface area contributed by atoms with E-state index in [1.165, 1.54) is 37.3 Å². The van der Waals surface area contributed by atoms with Crippen LogP contribution in [0.15, 0.2) is 42.0 Å². The molecular formula is C30H34F2N2O9. The maximum Gasteiger partial charge on any atom is 0.312 e. The molecule has 0 aliphatic heterocycles. The van der Waals surface area contributed by atoms with Gasteiger partial charge >= 0.3 is 5.97 Å². The molecule has 5 rings (SSSR count). The number of aromatic nitrogens is 1. The SMILES string of the molecule is C[C@@H]1CC2C3C[C@H](F)C4=CC(=O)C=C[C@]4(C)[C@@]3(F)[C@@H](O)C[C@]2(C)[C@@]1(O)C(=O)COC(=O)Cc1cccc(CO[N+](=O)[O-])n1. The molecule has 232 valence electrons. The number of allylic oxidation sites excluding steroid dienone is 4. The lowest BCUT2D eigenvalue weighted by Gasteiger charge is -2.63. The van der Waals surface area contributed by atoms with E-state index in [-0.39, 0.29) is 42.6 Å². The number of hydrogen-bond donors (Lipinski definition) is 2. The van der Waals surface area contributed by atoms with Crippen LogP contribution in [-0.2, 0) is 37.0 Å². The van der Waals surface area contributed by atoms with Crippen molar-refractivity contribution >= 4 is 17.5 Å². The summed E-state index contributed by atoms with van der Waals surface area (Å²) in [4.78, 5) is 57.0. The fraction of sp³-hybridized carbons (Fsp3) is 0.600. The zero-order chi connectivity index (χ0) is 31.5. The lowest BCUT2D eigenvalue weighted by Crippen LogP contribution is -2.70. The van der Waals surface area contributed by atoms with Crippen molar-refractivity contribution < 1.29 is 48.0 Å². The van der Waals surface area contributed by atoms with Gasteiger partial charge in [0.1, 0.15) is 18.4 Å². The van der Waals surface area contributed by atoms with Crippen molar-refractivity contribution in [3.05, 3.63) is 63.5 Å². The molecule has 0 amide bonds. The van der Waals surface area contributed by atoms with Crippen LogP contribution in [0.5, 0.6) is 0 Å². The number of carbonyl (C=O) groups excluding carboxylic acids is 3. The van der Waals surface area contributed by atoms with Gasteiger partial charge in [-0.25, -0.2) is 8.78 Å². The monoisotopic (exact) mass is 604 g/mol. The molecule has 9 atom stereocenters. The lowest BCUT2D eigenvalue weighted by atomic mass is 9.44. The van der Waals surface area contributed by atoms with Crippen molar-refractivity contribution in [1.82, 2.24) is 4.98 Å². The normalized spacial score (nSPS) is 39.7. The summed E-state index contributed by atoms with van der Waals surface area (Å²) in [5.74, 6) is -4.61. The summed E-state index contributed by atoms with van der Waals surface area (Å²) in [6, 6.07) is 4.49. The minimum Gasteiger partial charge on any atom is -0.457 e. The summed E-state index contributed by atoms with van der Waals surface area (Å²) in [5.41, 5.74) is -7.01. The van der Waals surface area contributed by atoms with Crippen molar-refractivity contribution in [3.8, 4) is 0 Å². The second-order valence-corrected chi connectivity index (χ2v) is 12.6. The molecule has 11 nitrogen and oxygen atoms in total. The summed E-state index contributed by atoms with van der Waals surface area (Å²) in [5, 5.41) is 32.8. The number of aliphatic hydroxyl groups excluding tert-OH is 1. The van der Waals surface area contributed by atoms with Gasteiger partial charge in [0, 0.05) is 16.7 Å². The number of halogens is 2. The Morgan fingerprint density at radius 2 is 1.91 bits per heavy atom. The number of alkyl halides is 2. The number of Topliss-reactive ketones (excluding diaryl/α,β-unsaturated/α-hetero) is 1. The van der Waals surface area contributed by atoms with Gasteiger partial charge in [-0.15, -0.1) is 10.1 Å². The fourth-order valence-corrected chi connectivity index (χ4v) is 8.42. The molecule has 1 heterocycles. The van der Waals surface area contributed by atoms with E-state index in [1.54, 1.807) is 13.8 Å². The Hall–Kier alpha value is -3.58. The van der Waals surface area contributed by atoms with Crippen molar-refractivity contribution in [2.45, 2.75) is 76.6 Å². The first-order valence-corrected chi connectivity index (χ1v) is 14.2. The van der Waals surface area contributed by atoms with Gasteiger partial charge in [0.2, 0.25) is 5.78 Å². The third-order valence-electron chi connectivity index (χ3n) is 10.5. The number of carbonyl (C=O) groups is 3. The first-order chi connectivity index (χ1) is 20.1. The highest BCUT2D eigenvalue weighted by molar-refractivity contribution is 6.01. The zero-order valence-electron chi connectivity index (χ0n) is 24.0. The molecule has 43 heavy (non-hydrogen) atoms. The highest BCUT2D eigenvalue weighted by Crippen LogP contribution is 2.71. The molecule has 0 radical (unpaired) electrons. The molecule has 4 aliphatic rings. The number of fused-ring (bicyclic) bond motifs is 5. The zero-order valence-corrected chi connectivity index (χ0v) is 24.0. The number of aliphatic hydroxyl groups is 2. The number of ether oxygens (including phenoxy) is 1.